The molecule has 0 bridgehead atoms. The van der Waals surface area contributed by atoms with Crippen molar-refractivity contribution in [3.05, 3.63) is 40.9 Å². The molecule has 13 heavy (non-hydrogen) atoms. The van der Waals surface area contributed by atoms with Crippen molar-refractivity contribution < 1.29 is 9.90 Å². The molecule has 1 aromatic carbocycles. The zero-order chi connectivity index (χ0) is 9.84. The van der Waals surface area contributed by atoms with Gasteiger partial charge in [-0.25, -0.2) is 0 Å². The lowest BCUT2D eigenvalue weighted by Crippen LogP contribution is -1.95. The standard InChI is InChI=1S/C10H9BrO2/c1-7(5-10(12)13)8-3-2-4-9(11)6-8/h2-4,6H,1,5H2,(H,12,13). The van der Waals surface area contributed by atoms with E-state index in [1.165, 1.54) is 0 Å². The fourth-order valence-corrected chi connectivity index (χ4v) is 1.39. The number of halogens is 1. The fraction of sp³-hybridized carbons (Fsp3) is 0.100. The van der Waals surface area contributed by atoms with Crippen molar-refractivity contribution in [3.63, 3.8) is 0 Å². The second kappa shape index (κ2) is 4.23. The van der Waals surface area contributed by atoms with Crippen molar-refractivity contribution in [2.24, 2.45) is 0 Å². The number of carboxylic acids is 1. The van der Waals surface area contributed by atoms with E-state index in [4.69, 9.17) is 5.11 Å². The van der Waals surface area contributed by atoms with E-state index in [1.807, 2.05) is 24.3 Å². The molecule has 1 N–H and O–H groups in total. The average molecular weight is 241 g/mol. The lowest BCUT2D eigenvalue weighted by atomic mass is 10.1. The molecule has 0 aliphatic carbocycles. The normalized spacial score (nSPS) is 9.62. The van der Waals surface area contributed by atoms with Crippen LogP contribution in [0.3, 0.4) is 0 Å². The molecule has 0 amide bonds. The zero-order valence-electron chi connectivity index (χ0n) is 6.96. The van der Waals surface area contributed by atoms with Gasteiger partial charge in [-0.15, -0.1) is 0 Å². The molecule has 0 atom stereocenters. The maximum atomic E-state index is 10.4. The Kier molecular flexibility index (Phi) is 3.25. The lowest BCUT2D eigenvalue weighted by molar-refractivity contribution is -0.135. The summed E-state index contributed by atoms with van der Waals surface area (Å²) in [5.41, 5.74) is 1.48. The van der Waals surface area contributed by atoms with Crippen LogP contribution in [0.1, 0.15) is 12.0 Å². The van der Waals surface area contributed by atoms with Crippen LogP contribution in [-0.2, 0) is 4.79 Å². The first-order chi connectivity index (χ1) is 6.09. The molecular formula is C10H9BrO2. The number of aliphatic carboxylic acids is 1. The van der Waals surface area contributed by atoms with Crippen molar-refractivity contribution in [1.82, 2.24) is 0 Å². The van der Waals surface area contributed by atoms with E-state index >= 15 is 0 Å². The number of benzene rings is 1. The van der Waals surface area contributed by atoms with E-state index in [0.29, 0.717) is 5.57 Å². The molecule has 0 radical (unpaired) electrons. The highest BCUT2D eigenvalue weighted by atomic mass is 79.9. The van der Waals surface area contributed by atoms with Gasteiger partial charge in [0, 0.05) is 4.47 Å². The third-order valence-corrected chi connectivity index (χ3v) is 2.09. The molecule has 68 valence electrons. The van der Waals surface area contributed by atoms with Gasteiger partial charge in [0.25, 0.3) is 0 Å². The average Bonchev–Trinajstić information content (AvgIpc) is 2.03. The molecule has 0 heterocycles. The molecule has 0 aromatic heterocycles. The second-order valence-corrected chi connectivity index (χ2v) is 3.60. The monoisotopic (exact) mass is 240 g/mol. The van der Waals surface area contributed by atoms with Gasteiger partial charge in [0.2, 0.25) is 0 Å². The molecule has 0 aliphatic heterocycles. The van der Waals surface area contributed by atoms with Crippen LogP contribution >= 0.6 is 15.9 Å². The summed E-state index contributed by atoms with van der Waals surface area (Å²) in [7, 11) is 0. The quantitative estimate of drug-likeness (QED) is 0.883. The molecule has 0 saturated heterocycles. The van der Waals surface area contributed by atoms with E-state index in [-0.39, 0.29) is 6.42 Å². The van der Waals surface area contributed by atoms with Crippen molar-refractivity contribution in [2.75, 3.05) is 0 Å². The predicted molar refractivity (Wildman–Crippen MR) is 55.4 cm³/mol. The van der Waals surface area contributed by atoms with Gasteiger partial charge in [0.15, 0.2) is 0 Å². The maximum absolute atomic E-state index is 10.4. The Morgan fingerprint density at radius 1 is 1.54 bits per heavy atom. The molecule has 3 heteroatoms. The van der Waals surface area contributed by atoms with Crippen molar-refractivity contribution in [1.29, 1.82) is 0 Å². The predicted octanol–water partition coefficient (Wildman–Crippen LogP) is 2.94. The van der Waals surface area contributed by atoms with Gasteiger partial charge < -0.3 is 5.11 Å². The summed E-state index contributed by atoms with van der Waals surface area (Å²) < 4.78 is 0.927. The van der Waals surface area contributed by atoms with Crippen LogP contribution in [0.15, 0.2) is 35.3 Å². The van der Waals surface area contributed by atoms with Gasteiger partial charge in [-0.05, 0) is 23.3 Å². The summed E-state index contributed by atoms with van der Waals surface area (Å²) in [4.78, 5) is 10.4. The Morgan fingerprint density at radius 3 is 2.77 bits per heavy atom. The van der Waals surface area contributed by atoms with E-state index in [0.717, 1.165) is 10.0 Å². The van der Waals surface area contributed by atoms with Crippen molar-refractivity contribution in [2.45, 2.75) is 6.42 Å². The second-order valence-electron chi connectivity index (χ2n) is 2.68. The lowest BCUT2D eigenvalue weighted by Gasteiger charge is -2.02. The third-order valence-electron chi connectivity index (χ3n) is 1.60. The maximum Gasteiger partial charge on any atom is 0.307 e. The minimum absolute atomic E-state index is 0.0174. The van der Waals surface area contributed by atoms with Crippen LogP contribution in [-0.4, -0.2) is 11.1 Å². The first-order valence-electron chi connectivity index (χ1n) is 3.75. The van der Waals surface area contributed by atoms with Crippen LogP contribution in [0.4, 0.5) is 0 Å². The number of rotatable bonds is 3. The van der Waals surface area contributed by atoms with Gasteiger partial charge in [-0.1, -0.05) is 34.6 Å². The van der Waals surface area contributed by atoms with Crippen LogP contribution < -0.4 is 0 Å². The zero-order valence-corrected chi connectivity index (χ0v) is 8.54. The summed E-state index contributed by atoms with van der Waals surface area (Å²) in [5.74, 6) is -0.857. The third kappa shape index (κ3) is 3.03. The number of carbonyl (C=O) groups is 1. The van der Waals surface area contributed by atoms with E-state index < -0.39 is 5.97 Å². The molecule has 0 aliphatic rings. The summed E-state index contributed by atoms with van der Waals surface area (Å²) >= 11 is 3.31. The van der Waals surface area contributed by atoms with Gasteiger partial charge in [-0.3, -0.25) is 4.79 Å². The molecular weight excluding hydrogens is 232 g/mol. The van der Waals surface area contributed by atoms with Gasteiger partial charge in [0.05, 0.1) is 6.42 Å². The molecule has 1 aromatic rings. The largest absolute Gasteiger partial charge is 0.481 e. The molecule has 0 unspecified atom stereocenters. The van der Waals surface area contributed by atoms with Crippen LogP contribution in [0.25, 0.3) is 5.57 Å². The van der Waals surface area contributed by atoms with Crippen LogP contribution in [0.5, 0.6) is 0 Å². The number of hydrogen-bond acceptors (Lipinski definition) is 1. The SMILES string of the molecule is C=C(CC(=O)O)c1cccc(Br)c1. The van der Waals surface area contributed by atoms with E-state index in [1.54, 1.807) is 0 Å². The molecule has 0 saturated carbocycles. The fourth-order valence-electron chi connectivity index (χ4n) is 0.993. The topological polar surface area (TPSA) is 37.3 Å². The highest BCUT2D eigenvalue weighted by Gasteiger charge is 2.03. The van der Waals surface area contributed by atoms with E-state index in [2.05, 4.69) is 22.5 Å². The van der Waals surface area contributed by atoms with Gasteiger partial charge in [0.1, 0.15) is 0 Å². The highest BCUT2D eigenvalue weighted by Crippen LogP contribution is 2.19. The number of hydrogen-bond donors (Lipinski definition) is 1. The Labute approximate surface area is 85.0 Å². The van der Waals surface area contributed by atoms with Gasteiger partial charge in [-0.2, -0.15) is 0 Å². The molecule has 0 fully saturated rings. The van der Waals surface area contributed by atoms with Crippen molar-refractivity contribution in [3.8, 4) is 0 Å². The Morgan fingerprint density at radius 2 is 2.23 bits per heavy atom. The van der Waals surface area contributed by atoms with E-state index in [9.17, 15) is 4.79 Å². The molecule has 1 rings (SSSR count). The first-order valence-corrected chi connectivity index (χ1v) is 4.54. The number of carboxylic acid groups (broad SMARTS) is 1. The highest BCUT2D eigenvalue weighted by molar-refractivity contribution is 9.10. The Hall–Kier alpha value is -1.09. The Bertz CT molecular complexity index is 345. The first kappa shape index (κ1) is 9.99. The van der Waals surface area contributed by atoms with Gasteiger partial charge >= 0.3 is 5.97 Å². The van der Waals surface area contributed by atoms with Crippen molar-refractivity contribution >= 4 is 27.5 Å². The van der Waals surface area contributed by atoms with Crippen LogP contribution in [0.2, 0.25) is 0 Å². The summed E-state index contributed by atoms with van der Waals surface area (Å²) in [6.45, 7) is 3.70. The van der Waals surface area contributed by atoms with Crippen LogP contribution in [0, 0.1) is 0 Å². The smallest absolute Gasteiger partial charge is 0.307 e. The summed E-state index contributed by atoms with van der Waals surface area (Å²) in [6, 6.07) is 7.44. The Balaban J connectivity index is 2.83. The molecule has 2 nitrogen and oxygen atoms in total. The summed E-state index contributed by atoms with van der Waals surface area (Å²) in [5, 5.41) is 8.54. The minimum Gasteiger partial charge on any atom is -0.481 e. The minimum atomic E-state index is -0.857. The molecule has 0 spiro atoms. The summed E-state index contributed by atoms with van der Waals surface area (Å²) in [6.07, 6.45) is -0.0174.